The number of nitrogen functional groups attached to an aromatic ring is 1. The fourth-order valence-electron chi connectivity index (χ4n) is 2.21. The van der Waals surface area contributed by atoms with E-state index < -0.39 is 0 Å². The summed E-state index contributed by atoms with van der Waals surface area (Å²) in [5, 5.41) is 0. The van der Waals surface area contributed by atoms with Crippen molar-refractivity contribution in [2.45, 2.75) is 58.7 Å². The van der Waals surface area contributed by atoms with Crippen LogP contribution in [0.15, 0.2) is 22.6 Å². The Hall–Kier alpha value is -1.55. The van der Waals surface area contributed by atoms with Crippen molar-refractivity contribution in [3.05, 3.63) is 24.1 Å². The lowest BCUT2D eigenvalue weighted by Gasteiger charge is -2.11. The average molecular weight is 276 g/mol. The van der Waals surface area contributed by atoms with Gasteiger partial charge in [0.2, 0.25) is 5.89 Å². The molecule has 1 unspecified atom stereocenters. The number of fused-ring (bicyclic) bond motifs is 1. The van der Waals surface area contributed by atoms with E-state index in [0.29, 0.717) is 18.2 Å². The minimum Gasteiger partial charge on any atom is -0.438 e. The summed E-state index contributed by atoms with van der Waals surface area (Å²) < 4.78 is 11.4. The zero-order valence-electron chi connectivity index (χ0n) is 12.4. The second-order valence-corrected chi connectivity index (χ2v) is 5.31. The topological polar surface area (TPSA) is 61.3 Å². The number of hydrogen-bond donors (Lipinski definition) is 1. The van der Waals surface area contributed by atoms with E-state index in [0.717, 1.165) is 17.5 Å². The molecule has 0 spiro atoms. The Morgan fingerprint density at radius 2 is 2.15 bits per heavy atom. The number of benzene rings is 1. The molecule has 1 heterocycles. The largest absolute Gasteiger partial charge is 0.438 e. The van der Waals surface area contributed by atoms with Gasteiger partial charge in [0.05, 0.1) is 6.10 Å². The maximum absolute atomic E-state index is 5.78. The minimum absolute atomic E-state index is 0.243. The number of nitrogens with two attached hydrogens (primary N) is 1. The highest BCUT2D eigenvalue weighted by Gasteiger charge is 2.08. The van der Waals surface area contributed by atoms with Gasteiger partial charge >= 0.3 is 0 Å². The number of anilines is 1. The fraction of sp³-hybridized carbons (Fsp3) is 0.562. The van der Waals surface area contributed by atoms with Crippen LogP contribution in [-0.4, -0.2) is 11.1 Å². The van der Waals surface area contributed by atoms with Crippen molar-refractivity contribution in [2.24, 2.45) is 0 Å². The summed E-state index contributed by atoms with van der Waals surface area (Å²) in [6, 6.07) is 5.47. The summed E-state index contributed by atoms with van der Waals surface area (Å²) in [4.78, 5) is 4.38. The predicted octanol–water partition coefficient (Wildman–Crippen LogP) is 4.29. The van der Waals surface area contributed by atoms with Crippen molar-refractivity contribution in [1.82, 2.24) is 4.98 Å². The van der Waals surface area contributed by atoms with E-state index >= 15 is 0 Å². The number of ether oxygens (including phenoxy) is 1. The van der Waals surface area contributed by atoms with Crippen molar-refractivity contribution in [3.63, 3.8) is 0 Å². The molecule has 1 aromatic carbocycles. The van der Waals surface area contributed by atoms with Crippen LogP contribution in [0.5, 0.6) is 0 Å². The van der Waals surface area contributed by atoms with E-state index in [1.807, 2.05) is 18.2 Å². The second kappa shape index (κ2) is 7.29. The first-order valence-electron chi connectivity index (χ1n) is 7.45. The molecule has 2 N–H and O–H groups in total. The monoisotopic (exact) mass is 276 g/mol. The fourth-order valence-corrected chi connectivity index (χ4v) is 2.21. The molecule has 0 bridgehead atoms. The van der Waals surface area contributed by atoms with Crippen LogP contribution in [0.2, 0.25) is 0 Å². The summed E-state index contributed by atoms with van der Waals surface area (Å²) >= 11 is 0. The molecular weight excluding hydrogens is 252 g/mol. The summed E-state index contributed by atoms with van der Waals surface area (Å²) in [6.07, 6.45) is 6.41. The molecule has 20 heavy (non-hydrogen) atoms. The first kappa shape index (κ1) is 14.9. The van der Waals surface area contributed by atoms with Crippen LogP contribution in [0.3, 0.4) is 0 Å². The van der Waals surface area contributed by atoms with Crippen LogP contribution in [0.25, 0.3) is 11.1 Å². The maximum atomic E-state index is 5.78. The Bertz CT molecular complexity index is 536. The van der Waals surface area contributed by atoms with Crippen molar-refractivity contribution in [1.29, 1.82) is 0 Å². The molecule has 0 aliphatic carbocycles. The maximum Gasteiger partial charge on any atom is 0.221 e. The van der Waals surface area contributed by atoms with Gasteiger partial charge in [0, 0.05) is 5.69 Å². The van der Waals surface area contributed by atoms with Gasteiger partial charge in [-0.3, -0.25) is 0 Å². The number of unbranched alkanes of at least 4 members (excludes halogenated alkanes) is 3. The lowest BCUT2D eigenvalue weighted by Crippen LogP contribution is -2.08. The molecular formula is C16H24N2O2. The lowest BCUT2D eigenvalue weighted by molar-refractivity contribution is 0.0343. The Kier molecular flexibility index (Phi) is 5.41. The SMILES string of the molecule is CCCCCCC(C)OCc1nc2cc(N)ccc2o1. The molecule has 2 aromatic rings. The smallest absolute Gasteiger partial charge is 0.221 e. The molecule has 0 fully saturated rings. The Morgan fingerprint density at radius 3 is 2.95 bits per heavy atom. The molecule has 2 rings (SSSR count). The van der Waals surface area contributed by atoms with Crippen LogP contribution >= 0.6 is 0 Å². The molecule has 0 aliphatic rings. The molecule has 0 aliphatic heterocycles. The van der Waals surface area contributed by atoms with Gasteiger partial charge in [-0.25, -0.2) is 4.98 Å². The van der Waals surface area contributed by atoms with E-state index in [1.54, 1.807) is 0 Å². The third kappa shape index (κ3) is 4.23. The molecule has 1 atom stereocenters. The van der Waals surface area contributed by atoms with Crippen LogP contribution in [-0.2, 0) is 11.3 Å². The minimum atomic E-state index is 0.243. The zero-order valence-corrected chi connectivity index (χ0v) is 12.4. The Morgan fingerprint density at radius 1 is 1.30 bits per heavy atom. The van der Waals surface area contributed by atoms with Gasteiger partial charge in [0.15, 0.2) is 5.58 Å². The molecule has 4 heteroatoms. The quantitative estimate of drug-likeness (QED) is 0.577. The van der Waals surface area contributed by atoms with Crippen LogP contribution in [0.4, 0.5) is 5.69 Å². The third-order valence-electron chi connectivity index (χ3n) is 3.41. The Balaban J connectivity index is 1.80. The van der Waals surface area contributed by atoms with Crippen molar-refractivity contribution >= 4 is 16.8 Å². The number of oxazole rings is 1. The van der Waals surface area contributed by atoms with Crippen LogP contribution in [0, 0.1) is 0 Å². The lowest BCUT2D eigenvalue weighted by atomic mass is 10.1. The number of hydrogen-bond acceptors (Lipinski definition) is 4. The average Bonchev–Trinajstić information content (AvgIpc) is 2.83. The van der Waals surface area contributed by atoms with E-state index in [9.17, 15) is 0 Å². The molecule has 0 saturated carbocycles. The molecule has 0 radical (unpaired) electrons. The second-order valence-electron chi connectivity index (χ2n) is 5.31. The van der Waals surface area contributed by atoms with E-state index in [1.165, 1.54) is 25.7 Å². The summed E-state index contributed by atoms with van der Waals surface area (Å²) in [6.45, 7) is 4.75. The van der Waals surface area contributed by atoms with Gasteiger partial charge in [-0.2, -0.15) is 0 Å². The van der Waals surface area contributed by atoms with Gasteiger partial charge in [0.1, 0.15) is 12.1 Å². The highest BCUT2D eigenvalue weighted by molar-refractivity contribution is 5.76. The number of rotatable bonds is 8. The summed E-state index contributed by atoms with van der Waals surface area (Å²) in [7, 11) is 0. The van der Waals surface area contributed by atoms with E-state index in [2.05, 4.69) is 18.8 Å². The predicted molar refractivity (Wildman–Crippen MR) is 81.4 cm³/mol. The summed E-state index contributed by atoms with van der Waals surface area (Å²) in [5.41, 5.74) is 7.97. The zero-order chi connectivity index (χ0) is 14.4. The highest BCUT2D eigenvalue weighted by atomic mass is 16.5. The number of nitrogens with zero attached hydrogens (tertiary/aromatic N) is 1. The third-order valence-corrected chi connectivity index (χ3v) is 3.41. The van der Waals surface area contributed by atoms with Gasteiger partial charge in [-0.15, -0.1) is 0 Å². The number of aromatic nitrogens is 1. The van der Waals surface area contributed by atoms with Crippen LogP contribution < -0.4 is 5.73 Å². The summed E-state index contributed by atoms with van der Waals surface area (Å²) in [5.74, 6) is 0.617. The molecule has 0 saturated heterocycles. The molecule has 1 aromatic heterocycles. The Labute approximate surface area is 120 Å². The van der Waals surface area contributed by atoms with Gasteiger partial charge < -0.3 is 14.9 Å². The van der Waals surface area contributed by atoms with Crippen LogP contribution in [0.1, 0.15) is 51.8 Å². The highest BCUT2D eigenvalue weighted by Crippen LogP contribution is 2.19. The van der Waals surface area contributed by atoms with Crippen molar-refractivity contribution < 1.29 is 9.15 Å². The van der Waals surface area contributed by atoms with Gasteiger partial charge in [-0.1, -0.05) is 32.6 Å². The van der Waals surface area contributed by atoms with Gasteiger partial charge in [-0.05, 0) is 31.5 Å². The normalized spacial score (nSPS) is 12.9. The molecule has 4 nitrogen and oxygen atoms in total. The van der Waals surface area contributed by atoms with E-state index in [4.69, 9.17) is 14.9 Å². The molecule has 0 amide bonds. The first-order chi connectivity index (χ1) is 9.69. The van der Waals surface area contributed by atoms with Crippen molar-refractivity contribution in [2.75, 3.05) is 5.73 Å². The first-order valence-corrected chi connectivity index (χ1v) is 7.45. The van der Waals surface area contributed by atoms with Gasteiger partial charge in [0.25, 0.3) is 0 Å². The van der Waals surface area contributed by atoms with E-state index in [-0.39, 0.29) is 6.10 Å². The van der Waals surface area contributed by atoms with Crippen molar-refractivity contribution in [3.8, 4) is 0 Å². The molecule has 110 valence electrons. The standard InChI is InChI=1S/C16H24N2O2/c1-3-4-5-6-7-12(2)19-11-16-18-14-10-13(17)8-9-15(14)20-16/h8-10,12H,3-7,11,17H2,1-2H3.